The molecule has 0 radical (unpaired) electrons. The Morgan fingerprint density at radius 1 is 1.07 bits per heavy atom. The van der Waals surface area contributed by atoms with Crippen LogP contribution in [0.5, 0.6) is 0 Å². The van der Waals surface area contributed by atoms with E-state index in [2.05, 4.69) is 25.6 Å². The minimum absolute atomic E-state index is 0.0783. The molecule has 5 rings (SSSR count). The number of pyridine rings is 2. The second-order valence-corrected chi connectivity index (χ2v) is 10.1. The third-order valence-corrected chi connectivity index (χ3v) is 6.88. The van der Waals surface area contributed by atoms with E-state index in [1.807, 2.05) is 12.1 Å². The van der Waals surface area contributed by atoms with Gasteiger partial charge in [0.15, 0.2) is 0 Å². The predicted octanol–water partition coefficient (Wildman–Crippen LogP) is 5.76. The van der Waals surface area contributed by atoms with E-state index in [0.717, 1.165) is 17.8 Å². The van der Waals surface area contributed by atoms with Crippen molar-refractivity contribution in [3.63, 3.8) is 0 Å². The molecule has 0 bridgehead atoms. The molecule has 2 amide bonds. The Bertz CT molecular complexity index is 1630. The van der Waals surface area contributed by atoms with Gasteiger partial charge in [0.25, 0.3) is 11.8 Å². The Morgan fingerprint density at radius 2 is 1.77 bits per heavy atom. The molecular formula is C28H20Cl3FN6O2. The molecule has 8 nitrogen and oxygen atoms in total. The number of carbonyl (C=O) groups excluding carboxylic acids is 2. The molecule has 0 saturated carbocycles. The molecule has 3 heterocycles. The Morgan fingerprint density at radius 3 is 2.50 bits per heavy atom. The maximum atomic E-state index is 14.3. The summed E-state index contributed by atoms with van der Waals surface area (Å²) in [5, 5.41) is 6.11. The second-order valence-electron chi connectivity index (χ2n) is 8.87. The van der Waals surface area contributed by atoms with Crippen LogP contribution in [0.1, 0.15) is 27.0 Å². The van der Waals surface area contributed by atoms with Crippen LogP contribution in [0.15, 0.2) is 78.2 Å². The topological polar surface area (TPSA) is 99.6 Å². The largest absolute Gasteiger partial charge is 0.355 e. The first-order valence-corrected chi connectivity index (χ1v) is 13.0. The van der Waals surface area contributed by atoms with Crippen molar-refractivity contribution in [3.8, 4) is 0 Å². The number of benzene rings is 2. The molecule has 2 aromatic heterocycles. The number of benzodiazepines with no additional fused rings is 1. The number of aromatic nitrogens is 2. The monoisotopic (exact) mass is 596 g/mol. The van der Waals surface area contributed by atoms with E-state index in [9.17, 15) is 14.0 Å². The van der Waals surface area contributed by atoms with E-state index in [4.69, 9.17) is 34.8 Å². The van der Waals surface area contributed by atoms with Crippen LogP contribution in [0, 0.1) is 5.82 Å². The highest BCUT2D eigenvalue weighted by molar-refractivity contribution is 6.44. The van der Waals surface area contributed by atoms with Crippen molar-refractivity contribution in [2.45, 2.75) is 12.7 Å². The number of halogens is 4. The zero-order chi connectivity index (χ0) is 28.4. The van der Waals surface area contributed by atoms with E-state index in [1.165, 1.54) is 12.1 Å². The number of nitrogens with one attached hydrogen (secondary N) is 2. The van der Waals surface area contributed by atoms with E-state index < -0.39 is 23.8 Å². The van der Waals surface area contributed by atoms with Gasteiger partial charge in [-0.05, 0) is 42.0 Å². The van der Waals surface area contributed by atoms with Crippen LogP contribution in [-0.2, 0) is 11.3 Å². The third-order valence-electron chi connectivity index (χ3n) is 6.07. The van der Waals surface area contributed by atoms with Crippen LogP contribution in [0.25, 0.3) is 0 Å². The predicted molar refractivity (Wildman–Crippen MR) is 154 cm³/mol. The summed E-state index contributed by atoms with van der Waals surface area (Å²) in [5.74, 6) is -1.88. The minimum atomic E-state index is -1.42. The standard InChI is InChI=1S/C28H20Cl3FN6O2/c1-38(14-15-6-8-33-9-7-15)26-19(12-17(32)13-34-26)27(39)37-25-28(40)35-22-5-3-2-4-18(22)24(36-25)23-20(30)10-16(29)11-21(23)31/h2-13,25H,14H2,1H3,(H,35,40)(H,37,39). The summed E-state index contributed by atoms with van der Waals surface area (Å²) in [7, 11) is 1.72. The van der Waals surface area contributed by atoms with Crippen LogP contribution >= 0.6 is 34.8 Å². The summed E-state index contributed by atoms with van der Waals surface area (Å²) >= 11 is 19.1. The zero-order valence-corrected chi connectivity index (χ0v) is 23.1. The average Bonchev–Trinajstić information content (AvgIpc) is 3.04. The lowest BCUT2D eigenvalue weighted by Gasteiger charge is -2.22. The molecule has 0 aliphatic carbocycles. The molecule has 2 aromatic carbocycles. The molecule has 0 spiro atoms. The van der Waals surface area contributed by atoms with E-state index in [1.54, 1.807) is 48.6 Å². The number of amides is 2. The SMILES string of the molecule is CN(Cc1ccncc1)c1ncc(F)cc1C(=O)NC1N=C(c2c(Cl)cc(Cl)cc2Cl)c2ccccc2NC1=O. The van der Waals surface area contributed by atoms with Crippen LogP contribution in [0.2, 0.25) is 15.1 Å². The summed E-state index contributed by atoms with van der Waals surface area (Å²) in [6, 6.07) is 14.6. The average molecular weight is 598 g/mol. The first kappa shape index (κ1) is 27.5. The lowest BCUT2D eigenvalue weighted by Crippen LogP contribution is -2.43. The van der Waals surface area contributed by atoms with E-state index in [-0.39, 0.29) is 27.1 Å². The van der Waals surface area contributed by atoms with Crippen molar-refractivity contribution in [2.75, 3.05) is 17.3 Å². The molecule has 202 valence electrons. The Labute approximate surface area is 243 Å². The second kappa shape index (κ2) is 11.6. The number of hydrogen-bond acceptors (Lipinski definition) is 6. The lowest BCUT2D eigenvalue weighted by atomic mass is 10.0. The van der Waals surface area contributed by atoms with E-state index >= 15 is 0 Å². The molecule has 1 atom stereocenters. The molecular weight excluding hydrogens is 578 g/mol. The number of para-hydroxylation sites is 1. The fourth-order valence-electron chi connectivity index (χ4n) is 4.26. The number of aliphatic imine (C=N–C) groups is 1. The van der Waals surface area contributed by atoms with Gasteiger partial charge in [-0.15, -0.1) is 0 Å². The van der Waals surface area contributed by atoms with E-state index in [0.29, 0.717) is 28.4 Å². The maximum absolute atomic E-state index is 14.3. The Hall–Kier alpha value is -4.05. The normalized spacial score (nSPS) is 14.5. The first-order chi connectivity index (χ1) is 19.2. The van der Waals surface area contributed by atoms with Crippen LogP contribution in [-0.4, -0.2) is 40.7 Å². The molecule has 1 aliphatic rings. The number of rotatable bonds is 6. The summed E-state index contributed by atoms with van der Waals surface area (Å²) in [6.07, 6.45) is 2.89. The van der Waals surface area contributed by atoms with Gasteiger partial charge in [0.2, 0.25) is 6.17 Å². The van der Waals surface area contributed by atoms with Gasteiger partial charge < -0.3 is 15.5 Å². The molecule has 4 aromatic rings. The molecule has 40 heavy (non-hydrogen) atoms. The van der Waals surface area contributed by atoms with Gasteiger partial charge >= 0.3 is 0 Å². The number of carbonyl (C=O) groups is 2. The fraction of sp³-hybridized carbons (Fsp3) is 0.107. The summed E-state index contributed by atoms with van der Waals surface area (Å²) < 4.78 is 14.3. The Kier molecular flexibility index (Phi) is 7.97. The van der Waals surface area contributed by atoms with Gasteiger partial charge in [0.1, 0.15) is 11.6 Å². The zero-order valence-electron chi connectivity index (χ0n) is 20.8. The van der Waals surface area contributed by atoms with Gasteiger partial charge in [-0.2, -0.15) is 0 Å². The quantitative estimate of drug-likeness (QED) is 0.295. The lowest BCUT2D eigenvalue weighted by molar-refractivity contribution is -0.117. The molecule has 12 heteroatoms. The molecule has 2 N–H and O–H groups in total. The van der Waals surface area contributed by atoms with Crippen molar-refractivity contribution in [1.29, 1.82) is 0 Å². The third kappa shape index (κ3) is 5.77. The van der Waals surface area contributed by atoms with Crippen molar-refractivity contribution in [1.82, 2.24) is 15.3 Å². The van der Waals surface area contributed by atoms with Gasteiger partial charge in [-0.3, -0.25) is 14.6 Å². The van der Waals surface area contributed by atoms with Crippen molar-refractivity contribution >= 4 is 63.8 Å². The van der Waals surface area contributed by atoms with Gasteiger partial charge in [-0.1, -0.05) is 53.0 Å². The molecule has 0 fully saturated rings. The number of hydrogen-bond donors (Lipinski definition) is 2. The van der Waals surface area contributed by atoms with Crippen LogP contribution in [0.3, 0.4) is 0 Å². The molecule has 1 aliphatic heterocycles. The van der Waals surface area contributed by atoms with Gasteiger partial charge in [-0.25, -0.2) is 14.4 Å². The summed E-state index contributed by atoms with van der Waals surface area (Å²) in [5.41, 5.74) is 2.39. The van der Waals surface area contributed by atoms with Crippen LogP contribution < -0.4 is 15.5 Å². The van der Waals surface area contributed by atoms with Crippen LogP contribution in [0.4, 0.5) is 15.9 Å². The fourth-order valence-corrected chi connectivity index (χ4v) is 5.26. The van der Waals surface area contributed by atoms with Gasteiger partial charge in [0, 0.05) is 42.1 Å². The summed E-state index contributed by atoms with van der Waals surface area (Å²) in [4.78, 5) is 41.2. The molecule has 1 unspecified atom stereocenters. The van der Waals surface area contributed by atoms with Crippen molar-refractivity contribution in [2.24, 2.45) is 4.99 Å². The highest BCUT2D eigenvalue weighted by Crippen LogP contribution is 2.34. The highest BCUT2D eigenvalue weighted by Gasteiger charge is 2.30. The van der Waals surface area contributed by atoms with Crippen molar-refractivity contribution in [3.05, 3.63) is 116 Å². The summed E-state index contributed by atoms with van der Waals surface area (Å²) in [6.45, 7) is 0.372. The number of nitrogens with zero attached hydrogens (tertiary/aromatic N) is 4. The maximum Gasteiger partial charge on any atom is 0.269 e. The number of fused-ring (bicyclic) bond motifs is 1. The number of anilines is 2. The van der Waals surface area contributed by atoms with Gasteiger partial charge in [0.05, 0.1) is 33.2 Å². The highest BCUT2D eigenvalue weighted by atomic mass is 35.5. The Balaban J connectivity index is 1.53. The van der Waals surface area contributed by atoms with Crippen molar-refractivity contribution < 1.29 is 14.0 Å². The smallest absolute Gasteiger partial charge is 0.269 e. The minimum Gasteiger partial charge on any atom is -0.355 e. The molecule has 0 saturated heterocycles. The first-order valence-electron chi connectivity index (χ1n) is 11.9.